The topological polar surface area (TPSA) is 62.2 Å². The number of hydrogen-bond acceptors (Lipinski definition) is 5. The second-order valence-corrected chi connectivity index (χ2v) is 6.45. The Morgan fingerprint density at radius 3 is 2.90 bits per heavy atom. The van der Waals surface area contributed by atoms with Crippen LogP contribution in [0.25, 0.3) is 0 Å². The van der Waals surface area contributed by atoms with E-state index in [4.69, 9.17) is 9.47 Å². The van der Waals surface area contributed by atoms with Gasteiger partial charge in [0.05, 0.1) is 6.10 Å². The Morgan fingerprint density at radius 2 is 2.05 bits per heavy atom. The lowest BCUT2D eigenvalue weighted by Crippen LogP contribution is -2.47. The summed E-state index contributed by atoms with van der Waals surface area (Å²) in [4.78, 5) is 2.28. The van der Waals surface area contributed by atoms with Gasteiger partial charge in [0.15, 0.2) is 11.5 Å². The maximum absolute atomic E-state index is 11.2. The molecule has 5 atom stereocenters. The summed E-state index contributed by atoms with van der Waals surface area (Å²) in [6, 6.07) is 4.04. The van der Waals surface area contributed by atoms with Crippen LogP contribution in [0.15, 0.2) is 24.3 Å². The molecule has 2 N–H and O–H groups in total. The zero-order valence-corrected chi connectivity index (χ0v) is 11.5. The normalized spacial score (nSPS) is 41.8. The van der Waals surface area contributed by atoms with Crippen LogP contribution in [0.5, 0.6) is 11.5 Å². The predicted molar refractivity (Wildman–Crippen MR) is 74.2 cm³/mol. The van der Waals surface area contributed by atoms with Crippen LogP contribution in [0.1, 0.15) is 23.5 Å². The molecule has 0 aromatic heterocycles. The molecule has 5 unspecified atom stereocenters. The number of nitrogens with zero attached hydrogens (tertiary/aromatic N) is 1. The van der Waals surface area contributed by atoms with Gasteiger partial charge in [0.25, 0.3) is 0 Å². The fraction of sp³-hybridized carbons (Fsp3) is 0.500. The molecule has 1 aromatic rings. The molecule has 110 valence electrons. The minimum atomic E-state index is -0.891. The van der Waals surface area contributed by atoms with E-state index >= 15 is 0 Å². The number of hydrogen-bond donors (Lipinski definition) is 2. The van der Waals surface area contributed by atoms with Gasteiger partial charge in [-0.1, -0.05) is 12.2 Å². The Hall–Kier alpha value is -1.56. The van der Waals surface area contributed by atoms with E-state index in [1.165, 1.54) is 5.56 Å². The number of aliphatic hydroxyl groups excluding tert-OH is 1. The fourth-order valence-electron chi connectivity index (χ4n) is 4.37. The van der Waals surface area contributed by atoms with Crippen molar-refractivity contribution in [2.45, 2.75) is 36.6 Å². The average molecular weight is 287 g/mol. The standard InChI is InChI=1S/C16H17NO4/c18-10-1-2-16(19)12-7-17(15(16)4-10)6-9-3-13-14(5-11(9)12)21-8-20-13/h1-3,5,10,12,15,18-19H,4,6-8H2. The van der Waals surface area contributed by atoms with Crippen LogP contribution in [-0.4, -0.2) is 46.2 Å². The van der Waals surface area contributed by atoms with Gasteiger partial charge < -0.3 is 19.7 Å². The van der Waals surface area contributed by atoms with Gasteiger partial charge in [-0.2, -0.15) is 0 Å². The van der Waals surface area contributed by atoms with Gasteiger partial charge in [0, 0.05) is 25.0 Å². The third-order valence-electron chi connectivity index (χ3n) is 5.38. The van der Waals surface area contributed by atoms with Crippen LogP contribution < -0.4 is 9.47 Å². The third-order valence-corrected chi connectivity index (χ3v) is 5.38. The van der Waals surface area contributed by atoms with Gasteiger partial charge in [-0.25, -0.2) is 0 Å². The number of aliphatic hydroxyl groups is 2. The second kappa shape index (κ2) is 3.80. The zero-order chi connectivity index (χ0) is 14.2. The summed E-state index contributed by atoms with van der Waals surface area (Å²) in [5.41, 5.74) is 1.46. The van der Waals surface area contributed by atoms with Crippen molar-refractivity contribution in [3.63, 3.8) is 0 Å². The summed E-state index contributed by atoms with van der Waals surface area (Å²) in [5, 5.41) is 21.1. The van der Waals surface area contributed by atoms with Crippen molar-refractivity contribution in [2.24, 2.45) is 0 Å². The Kier molecular flexibility index (Phi) is 2.17. The molecule has 0 saturated carbocycles. The lowest BCUT2D eigenvalue weighted by Gasteiger charge is -2.36. The molecule has 5 nitrogen and oxygen atoms in total. The minimum absolute atomic E-state index is 0.0217. The van der Waals surface area contributed by atoms with Gasteiger partial charge in [-0.05, 0) is 29.7 Å². The molecule has 3 aliphatic heterocycles. The molecule has 0 amide bonds. The smallest absolute Gasteiger partial charge is 0.231 e. The SMILES string of the molecule is OC1C=CC2(O)C3CN(Cc4cc5c(cc43)OCO5)C2C1. The van der Waals surface area contributed by atoms with E-state index in [0.717, 1.165) is 30.2 Å². The van der Waals surface area contributed by atoms with Crippen LogP contribution in [0.3, 0.4) is 0 Å². The van der Waals surface area contributed by atoms with Crippen LogP contribution in [0.4, 0.5) is 0 Å². The Bertz CT molecular complexity index is 658. The van der Waals surface area contributed by atoms with Crippen molar-refractivity contribution < 1.29 is 19.7 Å². The van der Waals surface area contributed by atoms with Gasteiger partial charge in [0.2, 0.25) is 6.79 Å². The van der Waals surface area contributed by atoms with E-state index < -0.39 is 11.7 Å². The highest BCUT2D eigenvalue weighted by Crippen LogP contribution is 2.52. The summed E-state index contributed by atoms with van der Waals surface area (Å²) in [5.74, 6) is 1.60. The Morgan fingerprint density at radius 1 is 1.24 bits per heavy atom. The van der Waals surface area contributed by atoms with E-state index in [1.807, 2.05) is 12.1 Å². The van der Waals surface area contributed by atoms with Crippen LogP contribution in [-0.2, 0) is 6.54 Å². The lowest BCUT2D eigenvalue weighted by atomic mass is 9.75. The van der Waals surface area contributed by atoms with Crippen molar-refractivity contribution in [3.05, 3.63) is 35.4 Å². The lowest BCUT2D eigenvalue weighted by molar-refractivity contribution is 0.00843. The molecule has 1 aliphatic carbocycles. The average Bonchev–Trinajstić information content (AvgIpc) is 3.01. The summed E-state index contributed by atoms with van der Waals surface area (Å²) < 4.78 is 10.9. The summed E-state index contributed by atoms with van der Waals surface area (Å²) in [7, 11) is 0. The summed E-state index contributed by atoms with van der Waals surface area (Å²) in [6.07, 6.45) is 3.65. The Balaban J connectivity index is 1.66. The first-order chi connectivity index (χ1) is 10.1. The van der Waals surface area contributed by atoms with Gasteiger partial charge in [-0.3, -0.25) is 4.90 Å². The minimum Gasteiger partial charge on any atom is -0.454 e. The zero-order valence-electron chi connectivity index (χ0n) is 11.5. The molecule has 5 rings (SSSR count). The van der Waals surface area contributed by atoms with Crippen LogP contribution >= 0.6 is 0 Å². The van der Waals surface area contributed by atoms with Crippen molar-refractivity contribution in [1.29, 1.82) is 0 Å². The second-order valence-electron chi connectivity index (χ2n) is 6.45. The fourth-order valence-corrected chi connectivity index (χ4v) is 4.37. The highest BCUT2D eigenvalue weighted by Gasteiger charge is 2.56. The van der Waals surface area contributed by atoms with Crippen molar-refractivity contribution in [3.8, 4) is 11.5 Å². The molecule has 2 bridgehead atoms. The molecular weight excluding hydrogens is 270 g/mol. The number of ether oxygens (including phenoxy) is 2. The van der Waals surface area contributed by atoms with Gasteiger partial charge in [0.1, 0.15) is 5.60 Å². The maximum Gasteiger partial charge on any atom is 0.231 e. The first-order valence-electron chi connectivity index (χ1n) is 7.41. The molecule has 1 saturated heterocycles. The van der Waals surface area contributed by atoms with E-state index in [1.54, 1.807) is 12.2 Å². The largest absolute Gasteiger partial charge is 0.454 e. The van der Waals surface area contributed by atoms with E-state index in [2.05, 4.69) is 4.90 Å². The van der Waals surface area contributed by atoms with Crippen LogP contribution in [0, 0.1) is 0 Å². The van der Waals surface area contributed by atoms with E-state index in [-0.39, 0.29) is 18.8 Å². The highest BCUT2D eigenvalue weighted by molar-refractivity contribution is 5.53. The molecule has 1 aromatic carbocycles. The predicted octanol–water partition coefficient (Wildman–Crippen LogP) is 0.749. The first-order valence-corrected chi connectivity index (χ1v) is 7.41. The first kappa shape index (κ1) is 12.0. The monoisotopic (exact) mass is 287 g/mol. The summed E-state index contributed by atoms with van der Waals surface area (Å²) >= 11 is 0. The Labute approximate surface area is 122 Å². The summed E-state index contributed by atoms with van der Waals surface area (Å²) in [6.45, 7) is 1.88. The number of fused-ring (bicyclic) bond motifs is 8. The molecule has 3 heterocycles. The van der Waals surface area contributed by atoms with E-state index in [9.17, 15) is 10.2 Å². The van der Waals surface area contributed by atoms with Gasteiger partial charge in [-0.15, -0.1) is 0 Å². The van der Waals surface area contributed by atoms with Crippen molar-refractivity contribution >= 4 is 0 Å². The third kappa shape index (κ3) is 1.46. The number of benzene rings is 1. The van der Waals surface area contributed by atoms with Crippen LogP contribution in [0.2, 0.25) is 0 Å². The number of rotatable bonds is 0. The molecule has 4 aliphatic rings. The maximum atomic E-state index is 11.2. The van der Waals surface area contributed by atoms with E-state index in [0.29, 0.717) is 6.42 Å². The molecule has 0 radical (unpaired) electrons. The van der Waals surface area contributed by atoms with Crippen molar-refractivity contribution in [2.75, 3.05) is 13.3 Å². The molecule has 1 fully saturated rings. The highest BCUT2D eigenvalue weighted by atomic mass is 16.7. The van der Waals surface area contributed by atoms with Gasteiger partial charge >= 0.3 is 0 Å². The molecule has 5 heteroatoms. The molecule has 21 heavy (non-hydrogen) atoms. The van der Waals surface area contributed by atoms with Crippen molar-refractivity contribution in [1.82, 2.24) is 4.90 Å². The molecular formula is C16H17NO4. The molecule has 0 spiro atoms. The quantitative estimate of drug-likeness (QED) is 0.690.